The minimum atomic E-state index is 0.373. The Kier molecular flexibility index (Phi) is 3.08. The molecule has 1 aliphatic heterocycles. The Labute approximate surface area is 91.6 Å². The molecule has 15 heavy (non-hydrogen) atoms. The molecule has 2 rings (SSSR count). The highest BCUT2D eigenvalue weighted by atomic mass is 16.5. The van der Waals surface area contributed by atoms with E-state index in [0.29, 0.717) is 6.04 Å². The maximum atomic E-state index is 5.50. The highest BCUT2D eigenvalue weighted by Gasteiger charge is 2.17. The first-order valence-corrected chi connectivity index (χ1v) is 5.58. The Morgan fingerprint density at radius 2 is 2.00 bits per heavy atom. The molecule has 0 bridgehead atoms. The molecular weight excluding hydrogens is 186 g/mol. The van der Waals surface area contributed by atoms with E-state index in [2.05, 4.69) is 38.2 Å². The Bertz CT molecular complexity index is 354. The van der Waals surface area contributed by atoms with E-state index in [0.717, 1.165) is 19.8 Å². The zero-order valence-electron chi connectivity index (χ0n) is 9.76. The van der Waals surface area contributed by atoms with Crippen molar-refractivity contribution in [2.45, 2.75) is 26.8 Å². The highest BCUT2D eigenvalue weighted by Crippen LogP contribution is 2.24. The average molecular weight is 205 g/mol. The number of morpholine rings is 1. The van der Waals surface area contributed by atoms with Gasteiger partial charge in [0.25, 0.3) is 0 Å². The lowest BCUT2D eigenvalue weighted by Crippen LogP contribution is -2.35. The molecule has 0 radical (unpaired) electrons. The Morgan fingerprint density at radius 3 is 2.67 bits per heavy atom. The van der Waals surface area contributed by atoms with Gasteiger partial charge in [-0.2, -0.15) is 0 Å². The van der Waals surface area contributed by atoms with Crippen molar-refractivity contribution in [3.8, 4) is 0 Å². The van der Waals surface area contributed by atoms with Crippen molar-refractivity contribution in [1.29, 1.82) is 0 Å². The maximum Gasteiger partial charge on any atom is 0.0662 e. The van der Waals surface area contributed by atoms with Crippen LogP contribution in [-0.4, -0.2) is 19.8 Å². The zero-order chi connectivity index (χ0) is 10.8. The predicted molar refractivity (Wildman–Crippen MR) is 62.2 cm³/mol. The summed E-state index contributed by atoms with van der Waals surface area (Å²) in [4.78, 5) is 0. The van der Waals surface area contributed by atoms with E-state index in [4.69, 9.17) is 4.74 Å². The smallest absolute Gasteiger partial charge is 0.0662 e. The van der Waals surface area contributed by atoms with E-state index in [9.17, 15) is 0 Å². The maximum absolute atomic E-state index is 5.50. The SMILES string of the molecule is Cc1ccc(C2COCCN2)c(C)c1C. The molecule has 0 spiro atoms. The fourth-order valence-electron chi connectivity index (χ4n) is 2.12. The van der Waals surface area contributed by atoms with Crippen molar-refractivity contribution in [2.24, 2.45) is 0 Å². The van der Waals surface area contributed by atoms with Gasteiger partial charge in [0.2, 0.25) is 0 Å². The van der Waals surface area contributed by atoms with Crippen LogP contribution in [0.1, 0.15) is 28.3 Å². The van der Waals surface area contributed by atoms with Crippen LogP contribution in [-0.2, 0) is 4.74 Å². The molecule has 1 aliphatic rings. The molecule has 0 aliphatic carbocycles. The van der Waals surface area contributed by atoms with Crippen LogP contribution in [0.3, 0.4) is 0 Å². The summed E-state index contributed by atoms with van der Waals surface area (Å²) in [5.41, 5.74) is 5.56. The number of nitrogens with one attached hydrogen (secondary N) is 1. The van der Waals surface area contributed by atoms with Crippen LogP contribution in [0.2, 0.25) is 0 Å². The molecule has 1 fully saturated rings. The van der Waals surface area contributed by atoms with Crippen LogP contribution in [0.25, 0.3) is 0 Å². The molecule has 1 heterocycles. The Morgan fingerprint density at radius 1 is 1.20 bits per heavy atom. The normalized spacial score (nSPS) is 21.7. The Hall–Kier alpha value is -0.860. The lowest BCUT2D eigenvalue weighted by molar-refractivity contribution is 0.0767. The minimum absolute atomic E-state index is 0.373. The summed E-state index contributed by atoms with van der Waals surface area (Å²) in [5.74, 6) is 0. The van der Waals surface area contributed by atoms with Crippen molar-refractivity contribution >= 4 is 0 Å². The third-order valence-corrected chi connectivity index (χ3v) is 3.40. The van der Waals surface area contributed by atoms with E-state index in [1.807, 2.05) is 0 Å². The number of hydrogen-bond acceptors (Lipinski definition) is 2. The van der Waals surface area contributed by atoms with Gasteiger partial charge in [0, 0.05) is 6.54 Å². The van der Waals surface area contributed by atoms with E-state index < -0.39 is 0 Å². The molecule has 0 saturated carbocycles. The van der Waals surface area contributed by atoms with E-state index in [-0.39, 0.29) is 0 Å². The number of rotatable bonds is 1. The standard InChI is InChI=1S/C13H19NO/c1-9-4-5-12(11(3)10(9)2)13-8-15-7-6-14-13/h4-5,13-14H,6-8H2,1-3H3. The van der Waals surface area contributed by atoms with Crippen LogP contribution in [0.15, 0.2) is 12.1 Å². The van der Waals surface area contributed by atoms with Crippen molar-refractivity contribution in [3.05, 3.63) is 34.4 Å². The van der Waals surface area contributed by atoms with Gasteiger partial charge in [-0.1, -0.05) is 12.1 Å². The van der Waals surface area contributed by atoms with Crippen molar-refractivity contribution in [3.63, 3.8) is 0 Å². The van der Waals surface area contributed by atoms with Gasteiger partial charge in [-0.3, -0.25) is 0 Å². The van der Waals surface area contributed by atoms with Crippen LogP contribution in [0.4, 0.5) is 0 Å². The molecule has 82 valence electrons. The molecule has 1 unspecified atom stereocenters. The van der Waals surface area contributed by atoms with Gasteiger partial charge in [-0.25, -0.2) is 0 Å². The largest absolute Gasteiger partial charge is 0.378 e. The van der Waals surface area contributed by atoms with E-state index >= 15 is 0 Å². The second-order valence-corrected chi connectivity index (χ2v) is 4.30. The molecule has 1 aromatic carbocycles. The van der Waals surface area contributed by atoms with Crippen LogP contribution < -0.4 is 5.32 Å². The molecule has 2 heteroatoms. The second kappa shape index (κ2) is 4.33. The summed E-state index contributed by atoms with van der Waals surface area (Å²) in [7, 11) is 0. The third-order valence-electron chi connectivity index (χ3n) is 3.40. The van der Waals surface area contributed by atoms with Crippen LogP contribution in [0, 0.1) is 20.8 Å². The molecule has 1 atom stereocenters. The lowest BCUT2D eigenvalue weighted by atomic mass is 9.94. The summed E-state index contributed by atoms with van der Waals surface area (Å²) in [5, 5.41) is 3.50. The second-order valence-electron chi connectivity index (χ2n) is 4.30. The van der Waals surface area contributed by atoms with E-state index in [1.54, 1.807) is 0 Å². The van der Waals surface area contributed by atoms with Crippen molar-refractivity contribution < 1.29 is 4.74 Å². The summed E-state index contributed by atoms with van der Waals surface area (Å²) in [6.07, 6.45) is 0. The van der Waals surface area contributed by atoms with E-state index in [1.165, 1.54) is 22.3 Å². The highest BCUT2D eigenvalue weighted by molar-refractivity contribution is 5.40. The van der Waals surface area contributed by atoms with Gasteiger partial charge in [0.1, 0.15) is 0 Å². The third kappa shape index (κ3) is 2.06. The summed E-state index contributed by atoms with van der Waals surface area (Å²) in [6, 6.07) is 4.80. The molecule has 1 aromatic rings. The monoisotopic (exact) mass is 205 g/mol. The number of aryl methyl sites for hydroxylation is 1. The first kappa shape index (κ1) is 10.7. The quantitative estimate of drug-likeness (QED) is 0.759. The summed E-state index contributed by atoms with van der Waals surface area (Å²) in [6.45, 7) is 9.14. The van der Waals surface area contributed by atoms with Gasteiger partial charge in [0.15, 0.2) is 0 Å². The molecule has 1 saturated heterocycles. The van der Waals surface area contributed by atoms with Gasteiger partial charge in [-0.05, 0) is 43.0 Å². The van der Waals surface area contributed by atoms with Gasteiger partial charge >= 0.3 is 0 Å². The van der Waals surface area contributed by atoms with Crippen LogP contribution >= 0.6 is 0 Å². The first-order chi connectivity index (χ1) is 7.20. The zero-order valence-corrected chi connectivity index (χ0v) is 9.76. The minimum Gasteiger partial charge on any atom is -0.378 e. The number of hydrogen-bond donors (Lipinski definition) is 1. The van der Waals surface area contributed by atoms with Crippen molar-refractivity contribution in [2.75, 3.05) is 19.8 Å². The Balaban J connectivity index is 2.31. The summed E-state index contributed by atoms with van der Waals surface area (Å²) >= 11 is 0. The average Bonchev–Trinajstić information content (AvgIpc) is 2.27. The van der Waals surface area contributed by atoms with Crippen molar-refractivity contribution in [1.82, 2.24) is 5.32 Å². The molecule has 1 N–H and O–H groups in total. The lowest BCUT2D eigenvalue weighted by Gasteiger charge is -2.26. The predicted octanol–water partition coefficient (Wildman–Crippen LogP) is 2.27. The fraction of sp³-hybridized carbons (Fsp3) is 0.538. The van der Waals surface area contributed by atoms with Gasteiger partial charge < -0.3 is 10.1 Å². The molecular formula is C13H19NO. The number of benzene rings is 1. The molecule has 0 aromatic heterocycles. The topological polar surface area (TPSA) is 21.3 Å². The first-order valence-electron chi connectivity index (χ1n) is 5.58. The fourth-order valence-corrected chi connectivity index (χ4v) is 2.12. The number of ether oxygens (including phenoxy) is 1. The molecule has 2 nitrogen and oxygen atoms in total. The van der Waals surface area contributed by atoms with Gasteiger partial charge in [0.05, 0.1) is 19.3 Å². The van der Waals surface area contributed by atoms with Crippen LogP contribution in [0.5, 0.6) is 0 Å². The van der Waals surface area contributed by atoms with Gasteiger partial charge in [-0.15, -0.1) is 0 Å². The molecule has 0 amide bonds. The summed E-state index contributed by atoms with van der Waals surface area (Å²) < 4.78 is 5.50.